The molecule has 2 heterocycles. The van der Waals surface area contributed by atoms with Gasteiger partial charge in [0.1, 0.15) is 9.74 Å². The number of thioether (sulfide) groups is 2. The van der Waals surface area contributed by atoms with Crippen LogP contribution in [0.3, 0.4) is 0 Å². The summed E-state index contributed by atoms with van der Waals surface area (Å²) in [7, 11) is 2.14. The lowest BCUT2D eigenvalue weighted by atomic mass is 9.61. The molecule has 3 aliphatic rings. The lowest BCUT2D eigenvalue weighted by Gasteiger charge is -2.47. The fourth-order valence-electron chi connectivity index (χ4n) is 4.97. The van der Waals surface area contributed by atoms with Gasteiger partial charge in [-0.1, -0.05) is 66.4 Å². The quantitative estimate of drug-likeness (QED) is 0.824. The summed E-state index contributed by atoms with van der Waals surface area (Å²) in [5.41, 5.74) is 3.40. The first kappa shape index (κ1) is 14.1. The molecule has 0 spiro atoms. The highest BCUT2D eigenvalue weighted by Crippen LogP contribution is 2.79. The van der Waals surface area contributed by atoms with Crippen molar-refractivity contribution < 1.29 is 4.79 Å². The van der Waals surface area contributed by atoms with E-state index in [-0.39, 0.29) is 10.1 Å². The van der Waals surface area contributed by atoms with E-state index in [0.717, 1.165) is 5.56 Å². The van der Waals surface area contributed by atoms with Crippen LogP contribution >= 0.6 is 23.5 Å². The summed E-state index contributed by atoms with van der Waals surface area (Å²) in [5.74, 6) is 0.689. The van der Waals surface area contributed by atoms with Crippen molar-refractivity contribution in [2.75, 3.05) is 13.3 Å². The number of carbonyl (C=O) groups is 1. The van der Waals surface area contributed by atoms with Crippen molar-refractivity contribution >= 4 is 28.6 Å². The smallest absolute Gasteiger partial charge is 0.217 e. The van der Waals surface area contributed by atoms with Crippen molar-refractivity contribution in [3.8, 4) is 0 Å². The van der Waals surface area contributed by atoms with E-state index in [0.29, 0.717) is 11.0 Å². The van der Waals surface area contributed by atoms with E-state index in [1.54, 1.807) is 11.8 Å². The van der Waals surface area contributed by atoms with E-state index in [4.69, 9.17) is 0 Å². The van der Waals surface area contributed by atoms with Crippen LogP contribution in [0.5, 0.6) is 0 Å². The van der Waals surface area contributed by atoms with Crippen LogP contribution < -0.4 is 0 Å². The molecule has 0 aromatic heterocycles. The van der Waals surface area contributed by atoms with Gasteiger partial charge in [0.25, 0.3) is 0 Å². The van der Waals surface area contributed by atoms with E-state index in [2.05, 4.69) is 54.6 Å². The highest BCUT2D eigenvalue weighted by Gasteiger charge is 2.78. The number of fused-ring (bicyclic) bond motifs is 8. The zero-order valence-electron chi connectivity index (χ0n) is 13.0. The molecule has 23 heavy (non-hydrogen) atoms. The average Bonchev–Trinajstić information content (AvgIpc) is 2.91. The second-order valence-electron chi connectivity index (χ2n) is 6.50. The average molecular weight is 339 g/mol. The standard InChI is InChI=1S/C19H17NOS2/c1-20-18(12-8-4-3-5-9-12)15-13-10-6-7-11-14(13)16(15)19(20,22-2)23-17(18)21/h3-11,15-16H,1-2H3/t15-,16+,18-,19-/m1/s1. The van der Waals surface area contributed by atoms with Crippen LogP contribution in [0.2, 0.25) is 0 Å². The van der Waals surface area contributed by atoms with Crippen molar-refractivity contribution in [2.45, 2.75) is 21.6 Å². The Hall–Kier alpha value is -1.23. The first-order valence-corrected chi connectivity index (χ1v) is 9.89. The van der Waals surface area contributed by atoms with E-state index >= 15 is 0 Å². The Morgan fingerprint density at radius 2 is 1.61 bits per heavy atom. The normalized spacial score (nSPS) is 37.4. The first-order chi connectivity index (χ1) is 11.2. The summed E-state index contributed by atoms with van der Waals surface area (Å²) < 4.78 is -0.175. The highest BCUT2D eigenvalue weighted by molar-refractivity contribution is 8.26. The van der Waals surface area contributed by atoms with Gasteiger partial charge in [0.15, 0.2) is 0 Å². The molecular formula is C19H17NOS2. The van der Waals surface area contributed by atoms with Gasteiger partial charge in [0.2, 0.25) is 5.12 Å². The van der Waals surface area contributed by atoms with E-state index in [9.17, 15) is 4.79 Å². The molecule has 2 aliphatic heterocycles. The van der Waals surface area contributed by atoms with Crippen LogP contribution in [0, 0.1) is 0 Å². The van der Waals surface area contributed by atoms with Crippen molar-refractivity contribution in [1.82, 2.24) is 4.90 Å². The predicted molar refractivity (Wildman–Crippen MR) is 96.7 cm³/mol. The molecule has 0 radical (unpaired) electrons. The Morgan fingerprint density at radius 1 is 1.00 bits per heavy atom. The third-order valence-electron chi connectivity index (χ3n) is 5.90. The molecular weight excluding hydrogens is 322 g/mol. The largest absolute Gasteiger partial charge is 0.285 e. The number of nitrogens with zero attached hydrogens (tertiary/aromatic N) is 1. The van der Waals surface area contributed by atoms with Crippen molar-refractivity contribution in [3.63, 3.8) is 0 Å². The van der Waals surface area contributed by atoms with Gasteiger partial charge < -0.3 is 0 Å². The van der Waals surface area contributed by atoms with Gasteiger partial charge in [0, 0.05) is 11.8 Å². The Morgan fingerprint density at radius 3 is 2.26 bits per heavy atom. The van der Waals surface area contributed by atoms with Crippen LogP contribution in [0.15, 0.2) is 54.6 Å². The lowest BCUT2D eigenvalue weighted by molar-refractivity contribution is -0.120. The zero-order valence-corrected chi connectivity index (χ0v) is 14.7. The first-order valence-electron chi connectivity index (χ1n) is 7.85. The fraction of sp³-hybridized carbons (Fsp3) is 0.316. The number of benzene rings is 2. The number of rotatable bonds is 2. The molecule has 0 N–H and O–H groups in total. The van der Waals surface area contributed by atoms with Gasteiger partial charge in [-0.3, -0.25) is 9.69 Å². The fourth-order valence-corrected chi connectivity index (χ4v) is 7.94. The maximum Gasteiger partial charge on any atom is 0.217 e. The maximum atomic E-state index is 13.2. The molecule has 116 valence electrons. The van der Waals surface area contributed by atoms with E-state index < -0.39 is 5.54 Å². The maximum absolute atomic E-state index is 13.2. The topological polar surface area (TPSA) is 20.3 Å². The third-order valence-corrected chi connectivity index (χ3v) is 9.08. The van der Waals surface area contributed by atoms with Gasteiger partial charge in [0.05, 0.1) is 0 Å². The molecule has 0 saturated carbocycles. The number of carbonyl (C=O) groups excluding carboxylic acids is 1. The Labute approximate surface area is 144 Å². The number of hydrogen-bond donors (Lipinski definition) is 0. The Bertz CT molecular complexity index is 823. The molecule has 0 amide bonds. The van der Waals surface area contributed by atoms with Crippen LogP contribution in [0.25, 0.3) is 0 Å². The van der Waals surface area contributed by atoms with Gasteiger partial charge in [-0.25, -0.2) is 0 Å². The molecule has 4 heteroatoms. The Balaban J connectivity index is 1.82. The van der Waals surface area contributed by atoms with Crippen LogP contribution in [-0.4, -0.2) is 27.5 Å². The summed E-state index contributed by atoms with van der Waals surface area (Å²) in [6.07, 6.45) is 2.14. The number of likely N-dealkylation sites (N-methyl/N-ethyl adjacent to an activating group) is 1. The van der Waals surface area contributed by atoms with Gasteiger partial charge in [-0.2, -0.15) is 0 Å². The molecule has 0 unspecified atom stereocenters. The van der Waals surface area contributed by atoms with Crippen molar-refractivity contribution in [2.24, 2.45) is 0 Å². The van der Waals surface area contributed by atoms with E-state index in [1.165, 1.54) is 11.1 Å². The van der Waals surface area contributed by atoms with Gasteiger partial charge in [-0.05, 0) is 30.0 Å². The molecule has 2 bridgehead atoms. The molecule has 4 atom stereocenters. The van der Waals surface area contributed by atoms with Crippen molar-refractivity contribution in [3.05, 3.63) is 71.3 Å². The minimum absolute atomic E-state index is 0.175. The predicted octanol–water partition coefficient (Wildman–Crippen LogP) is 4.00. The molecule has 2 aromatic carbocycles. The summed E-state index contributed by atoms with van der Waals surface area (Å²) in [4.78, 5) is 15.6. The minimum Gasteiger partial charge on any atom is -0.285 e. The summed E-state index contributed by atoms with van der Waals surface area (Å²) >= 11 is 3.36. The van der Waals surface area contributed by atoms with Crippen LogP contribution in [0.1, 0.15) is 28.5 Å². The monoisotopic (exact) mass is 339 g/mol. The minimum atomic E-state index is -0.520. The van der Waals surface area contributed by atoms with Crippen molar-refractivity contribution in [1.29, 1.82) is 0 Å². The summed E-state index contributed by atoms with van der Waals surface area (Å²) in [6, 6.07) is 19.0. The molecule has 1 aliphatic carbocycles. The van der Waals surface area contributed by atoms with Crippen LogP contribution in [0.4, 0.5) is 0 Å². The lowest BCUT2D eigenvalue weighted by Crippen LogP contribution is -2.47. The summed E-state index contributed by atoms with van der Waals surface area (Å²) in [6.45, 7) is 0. The molecule has 2 saturated heterocycles. The highest BCUT2D eigenvalue weighted by atomic mass is 32.2. The Kier molecular flexibility index (Phi) is 2.73. The zero-order chi connectivity index (χ0) is 15.8. The molecule has 5 rings (SSSR count). The second kappa shape index (κ2) is 4.44. The molecule has 2 nitrogen and oxygen atoms in total. The van der Waals surface area contributed by atoms with Gasteiger partial charge >= 0.3 is 0 Å². The van der Waals surface area contributed by atoms with Gasteiger partial charge in [-0.15, -0.1) is 11.8 Å². The second-order valence-corrected chi connectivity index (χ2v) is 8.99. The molecule has 2 aromatic rings. The summed E-state index contributed by atoms with van der Waals surface area (Å²) in [5, 5.41) is 0.302. The molecule has 2 fully saturated rings. The third kappa shape index (κ3) is 1.34. The number of hydrogen-bond acceptors (Lipinski definition) is 4. The SMILES string of the molecule is CS[C@@]12SC(=O)[C@@](c3ccccc3)([C@@H]3c4ccccc4[C@@H]31)N2C. The van der Waals surface area contributed by atoms with E-state index in [1.807, 2.05) is 30.0 Å². The van der Waals surface area contributed by atoms with Crippen LogP contribution in [-0.2, 0) is 10.3 Å².